The van der Waals surface area contributed by atoms with Crippen LogP contribution in [0.3, 0.4) is 0 Å². The summed E-state index contributed by atoms with van der Waals surface area (Å²) < 4.78 is 13.9. The van der Waals surface area contributed by atoms with Crippen molar-refractivity contribution < 1.29 is 9.18 Å². The number of carbonyl (C=O) groups is 1. The van der Waals surface area contributed by atoms with Crippen LogP contribution in [-0.4, -0.2) is 32.0 Å². The number of benzene rings is 1. The highest BCUT2D eigenvalue weighted by Gasteiger charge is 2.35. The quantitative estimate of drug-likeness (QED) is 0.944. The fourth-order valence-electron chi connectivity index (χ4n) is 2.17. The molecule has 0 saturated heterocycles. The molecule has 1 amide bonds. The number of hydrogen-bond donors (Lipinski definition) is 1. The first-order chi connectivity index (χ1) is 10.1. The van der Waals surface area contributed by atoms with E-state index in [-0.39, 0.29) is 24.3 Å². The number of nitrogens with one attached hydrogen (secondary N) is 1. The van der Waals surface area contributed by atoms with Crippen molar-refractivity contribution in [3.63, 3.8) is 0 Å². The molecule has 110 valence electrons. The standard InChI is InChI=1S/C14H14ClFN4O/c1-8-17-13(19-18-8)14(21)20(9-5-6-9)7-10-11(15)3-2-4-12(10)16/h2-4,9H,5-7H2,1H3,(H,17,18,19). The zero-order valence-corrected chi connectivity index (χ0v) is 12.2. The first kappa shape index (κ1) is 14.0. The Morgan fingerprint density at radius 1 is 1.52 bits per heavy atom. The van der Waals surface area contributed by atoms with Gasteiger partial charge in [0.1, 0.15) is 11.6 Å². The first-order valence-electron chi connectivity index (χ1n) is 6.69. The summed E-state index contributed by atoms with van der Waals surface area (Å²) in [6.07, 6.45) is 1.81. The van der Waals surface area contributed by atoms with Gasteiger partial charge in [0.25, 0.3) is 5.91 Å². The predicted molar refractivity (Wildman–Crippen MR) is 75.4 cm³/mol. The molecule has 0 unspecified atom stereocenters. The van der Waals surface area contributed by atoms with Crippen molar-refractivity contribution in [2.45, 2.75) is 32.4 Å². The van der Waals surface area contributed by atoms with Gasteiger partial charge in [-0.25, -0.2) is 9.37 Å². The second kappa shape index (κ2) is 5.44. The molecular formula is C14H14ClFN4O. The Kier molecular flexibility index (Phi) is 3.63. The Balaban J connectivity index is 1.87. The number of hydrogen-bond acceptors (Lipinski definition) is 3. The van der Waals surface area contributed by atoms with E-state index >= 15 is 0 Å². The molecule has 0 spiro atoms. The lowest BCUT2D eigenvalue weighted by molar-refractivity contribution is 0.0716. The monoisotopic (exact) mass is 308 g/mol. The Morgan fingerprint density at radius 2 is 2.29 bits per heavy atom. The highest BCUT2D eigenvalue weighted by molar-refractivity contribution is 6.31. The van der Waals surface area contributed by atoms with Gasteiger partial charge in [-0.15, -0.1) is 5.10 Å². The van der Waals surface area contributed by atoms with E-state index < -0.39 is 5.82 Å². The van der Waals surface area contributed by atoms with Crippen LogP contribution in [0.25, 0.3) is 0 Å². The third kappa shape index (κ3) is 2.90. The van der Waals surface area contributed by atoms with Gasteiger partial charge in [0.15, 0.2) is 0 Å². The summed E-state index contributed by atoms with van der Waals surface area (Å²) in [5.41, 5.74) is 0.326. The maximum atomic E-state index is 13.9. The van der Waals surface area contributed by atoms with Gasteiger partial charge < -0.3 is 4.90 Å². The number of amides is 1. The topological polar surface area (TPSA) is 61.9 Å². The van der Waals surface area contributed by atoms with Gasteiger partial charge in [0, 0.05) is 16.6 Å². The van der Waals surface area contributed by atoms with E-state index in [0.717, 1.165) is 12.8 Å². The number of aryl methyl sites for hydroxylation is 1. The minimum Gasteiger partial charge on any atom is -0.328 e. The lowest BCUT2D eigenvalue weighted by Gasteiger charge is -2.21. The SMILES string of the molecule is Cc1nc(C(=O)N(Cc2c(F)cccc2Cl)C2CC2)n[nH]1. The minimum absolute atomic E-state index is 0.104. The molecule has 1 aliphatic rings. The molecule has 0 radical (unpaired) electrons. The van der Waals surface area contributed by atoms with Crippen molar-refractivity contribution in [3.8, 4) is 0 Å². The van der Waals surface area contributed by atoms with Crippen molar-refractivity contribution >= 4 is 17.5 Å². The molecule has 7 heteroatoms. The molecule has 3 rings (SSSR count). The number of H-pyrrole nitrogens is 1. The number of rotatable bonds is 4. The number of aromatic nitrogens is 3. The predicted octanol–water partition coefficient (Wildman–Crippen LogP) is 2.71. The van der Waals surface area contributed by atoms with E-state index in [1.54, 1.807) is 24.0 Å². The highest BCUT2D eigenvalue weighted by Crippen LogP contribution is 2.31. The maximum absolute atomic E-state index is 13.9. The summed E-state index contributed by atoms with van der Waals surface area (Å²) in [7, 11) is 0. The zero-order chi connectivity index (χ0) is 15.0. The van der Waals surface area contributed by atoms with Gasteiger partial charge in [-0.1, -0.05) is 17.7 Å². The van der Waals surface area contributed by atoms with Crippen LogP contribution in [0.15, 0.2) is 18.2 Å². The van der Waals surface area contributed by atoms with E-state index in [2.05, 4.69) is 15.2 Å². The fraction of sp³-hybridized carbons (Fsp3) is 0.357. The highest BCUT2D eigenvalue weighted by atomic mass is 35.5. The Hall–Kier alpha value is -1.95. The lowest BCUT2D eigenvalue weighted by atomic mass is 10.2. The average Bonchev–Trinajstić information content (AvgIpc) is 3.19. The second-order valence-electron chi connectivity index (χ2n) is 5.11. The molecule has 1 fully saturated rings. The molecule has 1 heterocycles. The normalized spacial score (nSPS) is 14.2. The maximum Gasteiger partial charge on any atom is 0.294 e. The van der Waals surface area contributed by atoms with Gasteiger partial charge >= 0.3 is 0 Å². The first-order valence-corrected chi connectivity index (χ1v) is 7.07. The van der Waals surface area contributed by atoms with Crippen molar-refractivity contribution in [3.05, 3.63) is 46.3 Å². The molecule has 1 aliphatic carbocycles. The van der Waals surface area contributed by atoms with Crippen LogP contribution in [0.4, 0.5) is 4.39 Å². The second-order valence-corrected chi connectivity index (χ2v) is 5.52. The van der Waals surface area contributed by atoms with Gasteiger partial charge in [-0.2, -0.15) is 0 Å². The van der Waals surface area contributed by atoms with Crippen molar-refractivity contribution in [2.75, 3.05) is 0 Å². The summed E-state index contributed by atoms with van der Waals surface area (Å²) in [6.45, 7) is 1.85. The summed E-state index contributed by atoms with van der Waals surface area (Å²) >= 11 is 6.04. The molecule has 1 aromatic carbocycles. The summed E-state index contributed by atoms with van der Waals surface area (Å²) in [4.78, 5) is 18.1. The molecule has 21 heavy (non-hydrogen) atoms. The fourth-order valence-corrected chi connectivity index (χ4v) is 2.40. The van der Waals surface area contributed by atoms with Crippen molar-refractivity contribution in [1.29, 1.82) is 0 Å². The number of aromatic amines is 1. The summed E-state index contributed by atoms with van der Waals surface area (Å²) in [5.74, 6) is -0.0434. The van der Waals surface area contributed by atoms with E-state index in [0.29, 0.717) is 16.4 Å². The van der Waals surface area contributed by atoms with Gasteiger partial charge in [0.2, 0.25) is 5.82 Å². The average molecular weight is 309 g/mol. The van der Waals surface area contributed by atoms with E-state index in [9.17, 15) is 9.18 Å². The van der Waals surface area contributed by atoms with Crippen molar-refractivity contribution in [1.82, 2.24) is 20.1 Å². The molecule has 0 aliphatic heterocycles. The third-order valence-electron chi connectivity index (χ3n) is 3.43. The third-order valence-corrected chi connectivity index (χ3v) is 3.78. The van der Waals surface area contributed by atoms with Gasteiger partial charge in [-0.05, 0) is 31.9 Å². The van der Waals surface area contributed by atoms with Gasteiger partial charge in [-0.3, -0.25) is 9.89 Å². The number of carbonyl (C=O) groups excluding carboxylic acids is 1. The lowest BCUT2D eigenvalue weighted by Crippen LogP contribution is -2.33. The van der Waals surface area contributed by atoms with Crippen LogP contribution in [0.5, 0.6) is 0 Å². The number of halogens is 2. The molecule has 0 atom stereocenters. The van der Waals surface area contributed by atoms with E-state index in [1.807, 2.05) is 0 Å². The molecule has 1 N–H and O–H groups in total. The molecular weight excluding hydrogens is 295 g/mol. The molecule has 2 aromatic rings. The summed E-state index contributed by atoms with van der Waals surface area (Å²) in [6, 6.07) is 4.61. The van der Waals surface area contributed by atoms with Crippen LogP contribution in [0.1, 0.15) is 34.8 Å². The van der Waals surface area contributed by atoms with E-state index in [4.69, 9.17) is 11.6 Å². The Labute approximate surface area is 126 Å². The zero-order valence-electron chi connectivity index (χ0n) is 11.4. The van der Waals surface area contributed by atoms with Crippen LogP contribution < -0.4 is 0 Å². The molecule has 5 nitrogen and oxygen atoms in total. The smallest absolute Gasteiger partial charge is 0.294 e. The van der Waals surface area contributed by atoms with Crippen molar-refractivity contribution in [2.24, 2.45) is 0 Å². The van der Waals surface area contributed by atoms with Crippen LogP contribution in [-0.2, 0) is 6.54 Å². The molecule has 1 aromatic heterocycles. The van der Waals surface area contributed by atoms with Crippen LogP contribution in [0, 0.1) is 12.7 Å². The van der Waals surface area contributed by atoms with E-state index in [1.165, 1.54) is 6.07 Å². The van der Waals surface area contributed by atoms with Crippen LogP contribution in [0.2, 0.25) is 5.02 Å². The molecule has 1 saturated carbocycles. The summed E-state index contributed by atoms with van der Waals surface area (Å²) in [5, 5.41) is 6.84. The Morgan fingerprint density at radius 3 is 2.86 bits per heavy atom. The largest absolute Gasteiger partial charge is 0.328 e. The minimum atomic E-state index is -0.410. The molecule has 0 bridgehead atoms. The number of nitrogens with zero attached hydrogens (tertiary/aromatic N) is 3. The van der Waals surface area contributed by atoms with Gasteiger partial charge in [0.05, 0.1) is 6.54 Å². The van der Waals surface area contributed by atoms with Crippen LogP contribution >= 0.6 is 11.6 Å². The Bertz CT molecular complexity index is 663.